The first kappa shape index (κ1) is 18.3. The number of pyridine rings is 1. The van der Waals surface area contributed by atoms with Crippen molar-refractivity contribution in [1.29, 1.82) is 0 Å². The maximum atomic E-state index is 12.8. The lowest BCUT2D eigenvalue weighted by Gasteiger charge is -2.22. The van der Waals surface area contributed by atoms with Crippen molar-refractivity contribution < 1.29 is 17.6 Å². The van der Waals surface area contributed by atoms with Crippen LogP contribution in [-0.2, 0) is 10.0 Å². The standard InChI is InChI=1S/C19H19N3O5S/c1-3-26-13-7-6-12-9-14(19(23)20-15(12)10-13)17-11-16(18-5-4-8-27-18)21-22(17)28(2,24)25/h4-11,17,21H,3H2,1-2H3,(H,20,23)/t17-/m1/s1. The largest absolute Gasteiger partial charge is 0.494 e. The third-order valence-electron chi connectivity index (χ3n) is 4.43. The number of aromatic nitrogens is 1. The van der Waals surface area contributed by atoms with E-state index >= 15 is 0 Å². The number of aromatic amines is 1. The smallest absolute Gasteiger partial charge is 0.253 e. The molecule has 3 heterocycles. The molecule has 2 aromatic heterocycles. The first-order valence-corrected chi connectivity index (χ1v) is 10.5. The van der Waals surface area contributed by atoms with Crippen molar-refractivity contribution in [2.45, 2.75) is 13.0 Å². The van der Waals surface area contributed by atoms with Gasteiger partial charge in [-0.25, -0.2) is 8.42 Å². The second-order valence-corrected chi connectivity index (χ2v) is 8.27. The van der Waals surface area contributed by atoms with Gasteiger partial charge in [0, 0.05) is 11.6 Å². The van der Waals surface area contributed by atoms with Crippen LogP contribution in [0.5, 0.6) is 5.75 Å². The van der Waals surface area contributed by atoms with Crippen molar-refractivity contribution in [1.82, 2.24) is 14.8 Å². The van der Waals surface area contributed by atoms with E-state index < -0.39 is 16.1 Å². The van der Waals surface area contributed by atoms with E-state index in [1.807, 2.05) is 13.0 Å². The first-order chi connectivity index (χ1) is 13.4. The summed E-state index contributed by atoms with van der Waals surface area (Å²) in [7, 11) is -3.65. The Morgan fingerprint density at radius 2 is 2.07 bits per heavy atom. The highest BCUT2D eigenvalue weighted by Gasteiger charge is 2.35. The average molecular weight is 401 g/mol. The SMILES string of the molecule is CCOc1ccc2cc([C@H]3C=C(c4ccco4)NN3S(C)(=O)=O)c(=O)[nH]c2c1. The van der Waals surface area contributed by atoms with E-state index in [4.69, 9.17) is 9.15 Å². The molecule has 146 valence electrons. The zero-order valence-corrected chi connectivity index (χ0v) is 16.1. The Labute approximate surface area is 161 Å². The molecule has 1 aromatic carbocycles. The highest BCUT2D eigenvalue weighted by Crippen LogP contribution is 2.32. The summed E-state index contributed by atoms with van der Waals surface area (Å²) in [5.41, 5.74) is 3.84. The van der Waals surface area contributed by atoms with Gasteiger partial charge in [-0.2, -0.15) is 0 Å². The summed E-state index contributed by atoms with van der Waals surface area (Å²) < 4.78 is 36.4. The molecule has 8 nitrogen and oxygen atoms in total. The summed E-state index contributed by atoms with van der Waals surface area (Å²) >= 11 is 0. The maximum Gasteiger partial charge on any atom is 0.253 e. The van der Waals surface area contributed by atoms with Gasteiger partial charge in [0.1, 0.15) is 5.75 Å². The number of rotatable bonds is 5. The highest BCUT2D eigenvalue weighted by molar-refractivity contribution is 7.88. The predicted molar refractivity (Wildman–Crippen MR) is 105 cm³/mol. The van der Waals surface area contributed by atoms with Crippen LogP contribution < -0.4 is 15.7 Å². The fourth-order valence-corrected chi connectivity index (χ4v) is 4.05. The van der Waals surface area contributed by atoms with Gasteiger partial charge < -0.3 is 19.6 Å². The number of hydrogen-bond acceptors (Lipinski definition) is 6. The number of hydrogen-bond donors (Lipinski definition) is 2. The average Bonchev–Trinajstić information content (AvgIpc) is 3.30. The maximum absolute atomic E-state index is 12.8. The highest BCUT2D eigenvalue weighted by atomic mass is 32.2. The minimum Gasteiger partial charge on any atom is -0.494 e. The Morgan fingerprint density at radius 3 is 2.75 bits per heavy atom. The van der Waals surface area contributed by atoms with Crippen LogP contribution in [0.3, 0.4) is 0 Å². The van der Waals surface area contributed by atoms with Crippen LogP contribution in [0, 0.1) is 0 Å². The van der Waals surface area contributed by atoms with Gasteiger partial charge in [-0.1, -0.05) is 0 Å². The number of ether oxygens (including phenoxy) is 1. The van der Waals surface area contributed by atoms with Crippen molar-refractivity contribution >= 4 is 26.6 Å². The second kappa shape index (κ2) is 6.84. The van der Waals surface area contributed by atoms with Gasteiger partial charge in [0.05, 0.1) is 36.4 Å². The second-order valence-electron chi connectivity index (χ2n) is 6.41. The molecule has 0 spiro atoms. The van der Waals surface area contributed by atoms with Crippen LogP contribution >= 0.6 is 0 Å². The number of hydrazine groups is 1. The van der Waals surface area contributed by atoms with Crippen LogP contribution in [0.25, 0.3) is 16.6 Å². The van der Waals surface area contributed by atoms with E-state index in [1.165, 1.54) is 6.26 Å². The van der Waals surface area contributed by atoms with Crippen LogP contribution in [0.4, 0.5) is 0 Å². The Balaban J connectivity index is 1.82. The molecule has 0 radical (unpaired) electrons. The Bertz CT molecular complexity index is 1210. The number of furan rings is 1. The number of nitrogens with one attached hydrogen (secondary N) is 2. The van der Waals surface area contributed by atoms with Crippen LogP contribution in [0.1, 0.15) is 24.3 Å². The molecule has 0 saturated heterocycles. The quantitative estimate of drug-likeness (QED) is 0.680. The molecule has 28 heavy (non-hydrogen) atoms. The molecule has 1 aliphatic heterocycles. The van der Waals surface area contributed by atoms with Gasteiger partial charge in [0.2, 0.25) is 10.0 Å². The van der Waals surface area contributed by atoms with Gasteiger partial charge in [-0.3, -0.25) is 4.79 Å². The van der Waals surface area contributed by atoms with E-state index in [0.29, 0.717) is 34.9 Å². The fraction of sp³-hybridized carbons (Fsp3) is 0.211. The molecular weight excluding hydrogens is 382 g/mol. The molecule has 0 saturated carbocycles. The summed E-state index contributed by atoms with van der Waals surface area (Å²) in [6.07, 6.45) is 4.23. The zero-order chi connectivity index (χ0) is 19.9. The monoisotopic (exact) mass is 401 g/mol. The molecule has 1 atom stereocenters. The summed E-state index contributed by atoms with van der Waals surface area (Å²) in [6, 6.07) is 9.67. The van der Waals surface area contributed by atoms with Gasteiger partial charge in [-0.05, 0) is 48.7 Å². The molecule has 4 rings (SSSR count). The van der Waals surface area contributed by atoms with E-state index in [0.717, 1.165) is 16.1 Å². The van der Waals surface area contributed by atoms with Gasteiger partial charge >= 0.3 is 0 Å². The topological polar surface area (TPSA) is 105 Å². The van der Waals surface area contributed by atoms with E-state index in [1.54, 1.807) is 36.4 Å². The van der Waals surface area contributed by atoms with Gasteiger partial charge in [-0.15, -0.1) is 4.41 Å². The third-order valence-corrected chi connectivity index (χ3v) is 5.46. The van der Waals surface area contributed by atoms with Crippen molar-refractivity contribution in [2.24, 2.45) is 0 Å². The molecule has 2 N–H and O–H groups in total. The molecule has 0 amide bonds. The molecule has 0 aliphatic carbocycles. The van der Waals surface area contributed by atoms with E-state index in [2.05, 4.69) is 10.4 Å². The van der Waals surface area contributed by atoms with Crippen LogP contribution in [0.2, 0.25) is 0 Å². The minimum atomic E-state index is -3.65. The lowest BCUT2D eigenvalue weighted by Crippen LogP contribution is -2.40. The summed E-state index contributed by atoms with van der Waals surface area (Å²) in [4.78, 5) is 15.6. The number of H-pyrrole nitrogens is 1. The molecule has 1 aliphatic rings. The lowest BCUT2D eigenvalue weighted by molar-refractivity contribution is 0.340. The van der Waals surface area contributed by atoms with E-state index in [9.17, 15) is 13.2 Å². The molecule has 3 aromatic rings. The normalized spacial score (nSPS) is 17.5. The summed E-state index contributed by atoms with van der Waals surface area (Å²) in [5, 5.41) is 0.770. The molecule has 9 heteroatoms. The minimum absolute atomic E-state index is 0.302. The first-order valence-electron chi connectivity index (χ1n) is 8.68. The summed E-state index contributed by atoms with van der Waals surface area (Å²) in [6.45, 7) is 2.40. The number of nitrogens with zero attached hydrogens (tertiary/aromatic N) is 1. The number of sulfonamides is 1. The molecular formula is C19H19N3O5S. The zero-order valence-electron chi connectivity index (χ0n) is 15.3. The van der Waals surface area contributed by atoms with Gasteiger partial charge in [0.25, 0.3) is 5.56 Å². The van der Waals surface area contributed by atoms with E-state index in [-0.39, 0.29) is 5.56 Å². The third kappa shape index (κ3) is 3.30. The van der Waals surface area contributed by atoms with Crippen molar-refractivity contribution in [3.05, 3.63) is 70.4 Å². The predicted octanol–water partition coefficient (Wildman–Crippen LogP) is 2.38. The van der Waals surface area contributed by atoms with Crippen LogP contribution in [-0.4, -0.2) is 30.7 Å². The lowest BCUT2D eigenvalue weighted by atomic mass is 10.1. The van der Waals surface area contributed by atoms with Crippen molar-refractivity contribution in [3.63, 3.8) is 0 Å². The van der Waals surface area contributed by atoms with Crippen molar-refractivity contribution in [3.8, 4) is 5.75 Å². The Hall–Kier alpha value is -3.04. The summed E-state index contributed by atoms with van der Waals surface area (Å²) in [5.74, 6) is 1.13. The Morgan fingerprint density at radius 1 is 1.25 bits per heavy atom. The van der Waals surface area contributed by atoms with Crippen LogP contribution in [0.15, 0.2) is 57.9 Å². The van der Waals surface area contributed by atoms with Crippen molar-refractivity contribution in [2.75, 3.05) is 12.9 Å². The molecule has 0 unspecified atom stereocenters. The molecule has 0 bridgehead atoms. The fourth-order valence-electron chi connectivity index (χ4n) is 3.20. The molecule has 0 fully saturated rings. The van der Waals surface area contributed by atoms with Gasteiger partial charge in [0.15, 0.2) is 5.76 Å². The number of fused-ring (bicyclic) bond motifs is 1. The number of benzene rings is 1. The Kier molecular flexibility index (Phi) is 4.48.